The quantitative estimate of drug-likeness (QED) is 0.782. The molecule has 1 unspecified atom stereocenters. The summed E-state index contributed by atoms with van der Waals surface area (Å²) >= 11 is 0. The lowest BCUT2D eigenvalue weighted by atomic mass is 10.1. The first-order valence-corrected chi connectivity index (χ1v) is 7.57. The number of aromatic nitrogens is 2. The molecule has 0 spiro atoms. The second kappa shape index (κ2) is 6.85. The van der Waals surface area contributed by atoms with Crippen LogP contribution >= 0.6 is 0 Å². The maximum absolute atomic E-state index is 5.96. The Morgan fingerprint density at radius 3 is 2.53 bits per heavy atom. The normalized spacial score (nSPS) is 16.4. The van der Waals surface area contributed by atoms with Gasteiger partial charge in [0.05, 0.1) is 0 Å². The lowest BCUT2D eigenvalue weighted by Crippen LogP contribution is -2.29. The molecule has 1 aliphatic carbocycles. The zero-order chi connectivity index (χ0) is 13.7. The topological polar surface area (TPSA) is 55.0 Å². The second-order valence-corrected chi connectivity index (χ2v) is 5.54. The van der Waals surface area contributed by atoms with Gasteiger partial charge in [-0.2, -0.15) is 0 Å². The summed E-state index contributed by atoms with van der Waals surface area (Å²) in [4.78, 5) is 11.4. The van der Waals surface area contributed by atoms with Crippen LogP contribution in [0.25, 0.3) is 0 Å². The number of rotatable bonds is 8. The Balaban J connectivity index is 1.98. The van der Waals surface area contributed by atoms with Gasteiger partial charge in [0.15, 0.2) is 0 Å². The van der Waals surface area contributed by atoms with Gasteiger partial charge in [0.25, 0.3) is 0 Å². The third kappa shape index (κ3) is 4.16. The average Bonchev–Trinajstić information content (AvgIpc) is 3.25. The monoisotopic (exact) mass is 262 g/mol. The van der Waals surface area contributed by atoms with Crippen LogP contribution in [0.1, 0.15) is 51.5 Å². The first-order chi connectivity index (χ1) is 9.24. The van der Waals surface area contributed by atoms with Crippen molar-refractivity contribution in [2.24, 2.45) is 5.73 Å². The molecule has 0 radical (unpaired) electrons. The van der Waals surface area contributed by atoms with Crippen molar-refractivity contribution in [3.05, 3.63) is 18.0 Å². The molecule has 1 aromatic rings. The van der Waals surface area contributed by atoms with E-state index in [4.69, 9.17) is 5.73 Å². The molecule has 19 heavy (non-hydrogen) atoms. The maximum atomic E-state index is 5.96. The lowest BCUT2D eigenvalue weighted by Gasteiger charge is -2.22. The van der Waals surface area contributed by atoms with E-state index in [1.54, 1.807) is 0 Å². The first-order valence-electron chi connectivity index (χ1n) is 7.57. The summed E-state index contributed by atoms with van der Waals surface area (Å²) in [5.41, 5.74) is 7.10. The van der Waals surface area contributed by atoms with E-state index in [9.17, 15) is 0 Å². The van der Waals surface area contributed by atoms with Crippen LogP contribution < -0.4 is 10.6 Å². The predicted octanol–water partition coefficient (Wildman–Crippen LogP) is 2.53. The van der Waals surface area contributed by atoms with Crippen LogP contribution in [0.4, 0.5) is 5.95 Å². The van der Waals surface area contributed by atoms with E-state index in [1.807, 2.05) is 12.4 Å². The van der Waals surface area contributed by atoms with Gasteiger partial charge in [0.1, 0.15) is 0 Å². The molecule has 1 atom stereocenters. The van der Waals surface area contributed by atoms with Crippen molar-refractivity contribution in [1.82, 2.24) is 9.97 Å². The zero-order valence-electron chi connectivity index (χ0n) is 12.2. The fraction of sp³-hybridized carbons (Fsp3) is 0.733. The highest BCUT2D eigenvalue weighted by atomic mass is 15.3. The first kappa shape index (κ1) is 14.3. The summed E-state index contributed by atoms with van der Waals surface area (Å²) in [6.07, 6.45) is 10.8. The van der Waals surface area contributed by atoms with Crippen molar-refractivity contribution in [2.75, 3.05) is 11.4 Å². The van der Waals surface area contributed by atoms with Gasteiger partial charge in [-0.1, -0.05) is 20.3 Å². The Labute approximate surface area is 116 Å². The van der Waals surface area contributed by atoms with Crippen LogP contribution in [0.2, 0.25) is 0 Å². The molecule has 1 aromatic heterocycles. The summed E-state index contributed by atoms with van der Waals surface area (Å²) in [5, 5.41) is 0. The Morgan fingerprint density at radius 1 is 1.32 bits per heavy atom. The minimum Gasteiger partial charge on any atom is -0.338 e. The van der Waals surface area contributed by atoms with Crippen molar-refractivity contribution in [1.29, 1.82) is 0 Å². The smallest absolute Gasteiger partial charge is 0.225 e. The fourth-order valence-electron chi connectivity index (χ4n) is 2.21. The van der Waals surface area contributed by atoms with E-state index in [2.05, 4.69) is 28.7 Å². The highest BCUT2D eigenvalue weighted by molar-refractivity contribution is 5.34. The van der Waals surface area contributed by atoms with Gasteiger partial charge >= 0.3 is 0 Å². The van der Waals surface area contributed by atoms with Crippen LogP contribution in [0, 0.1) is 0 Å². The largest absolute Gasteiger partial charge is 0.338 e. The van der Waals surface area contributed by atoms with Crippen molar-refractivity contribution < 1.29 is 0 Å². The summed E-state index contributed by atoms with van der Waals surface area (Å²) in [7, 11) is 0. The molecular weight excluding hydrogens is 236 g/mol. The minimum atomic E-state index is 0.217. The molecule has 1 heterocycles. The molecule has 1 saturated carbocycles. The van der Waals surface area contributed by atoms with Crippen molar-refractivity contribution in [3.63, 3.8) is 0 Å². The second-order valence-electron chi connectivity index (χ2n) is 5.54. The van der Waals surface area contributed by atoms with Gasteiger partial charge < -0.3 is 10.6 Å². The molecule has 0 aliphatic heterocycles. The van der Waals surface area contributed by atoms with E-state index in [0.29, 0.717) is 6.04 Å². The standard InChI is InChI=1S/C15H26N4/c1-3-5-8-19(14-6-7-14)15-17-10-12(11-18-15)9-13(16)4-2/h10-11,13-14H,3-9,16H2,1-2H3. The van der Waals surface area contributed by atoms with Crippen LogP contribution in [0.15, 0.2) is 12.4 Å². The maximum Gasteiger partial charge on any atom is 0.225 e. The summed E-state index contributed by atoms with van der Waals surface area (Å²) in [6.45, 7) is 5.41. The fourth-order valence-corrected chi connectivity index (χ4v) is 2.21. The van der Waals surface area contributed by atoms with Crippen molar-refractivity contribution in [2.45, 2.75) is 64.5 Å². The van der Waals surface area contributed by atoms with Gasteiger partial charge in [0, 0.05) is 31.0 Å². The number of unbranched alkanes of at least 4 members (excludes halogenated alkanes) is 1. The van der Waals surface area contributed by atoms with Gasteiger partial charge in [-0.25, -0.2) is 9.97 Å². The molecular formula is C15H26N4. The Kier molecular flexibility index (Phi) is 5.14. The molecule has 106 valence electrons. The van der Waals surface area contributed by atoms with E-state index >= 15 is 0 Å². The predicted molar refractivity (Wildman–Crippen MR) is 79.3 cm³/mol. The van der Waals surface area contributed by atoms with Crippen LogP contribution in [0.5, 0.6) is 0 Å². The molecule has 0 aromatic carbocycles. The molecule has 0 amide bonds. The molecule has 1 fully saturated rings. The Hall–Kier alpha value is -1.16. The number of hydrogen-bond acceptors (Lipinski definition) is 4. The number of nitrogens with two attached hydrogens (primary N) is 1. The van der Waals surface area contributed by atoms with Gasteiger partial charge in [-0.05, 0) is 37.7 Å². The summed E-state index contributed by atoms with van der Waals surface area (Å²) in [5.74, 6) is 0.893. The molecule has 0 bridgehead atoms. The molecule has 0 saturated heterocycles. The van der Waals surface area contributed by atoms with Crippen molar-refractivity contribution >= 4 is 5.95 Å². The summed E-state index contributed by atoms with van der Waals surface area (Å²) < 4.78 is 0. The summed E-state index contributed by atoms with van der Waals surface area (Å²) in [6, 6.07) is 0.893. The van der Waals surface area contributed by atoms with E-state index in [0.717, 1.165) is 30.9 Å². The third-order valence-corrected chi connectivity index (χ3v) is 3.71. The minimum absolute atomic E-state index is 0.217. The molecule has 4 heteroatoms. The van der Waals surface area contributed by atoms with Crippen LogP contribution in [0.3, 0.4) is 0 Å². The Bertz CT molecular complexity index is 372. The van der Waals surface area contributed by atoms with Crippen LogP contribution in [-0.4, -0.2) is 28.6 Å². The zero-order valence-corrected chi connectivity index (χ0v) is 12.2. The molecule has 2 rings (SSSR count). The Morgan fingerprint density at radius 2 is 2.00 bits per heavy atom. The highest BCUT2D eigenvalue weighted by Crippen LogP contribution is 2.29. The molecule has 1 aliphatic rings. The highest BCUT2D eigenvalue weighted by Gasteiger charge is 2.30. The van der Waals surface area contributed by atoms with Gasteiger partial charge in [0.2, 0.25) is 5.95 Å². The van der Waals surface area contributed by atoms with Gasteiger partial charge in [-0.15, -0.1) is 0 Å². The van der Waals surface area contributed by atoms with Gasteiger partial charge in [-0.3, -0.25) is 0 Å². The number of anilines is 1. The lowest BCUT2D eigenvalue weighted by molar-refractivity contribution is 0.641. The average molecular weight is 262 g/mol. The van der Waals surface area contributed by atoms with E-state index < -0.39 is 0 Å². The van der Waals surface area contributed by atoms with E-state index in [-0.39, 0.29) is 6.04 Å². The third-order valence-electron chi connectivity index (χ3n) is 3.71. The number of nitrogens with zero attached hydrogens (tertiary/aromatic N) is 3. The molecule has 2 N–H and O–H groups in total. The SMILES string of the molecule is CCCCN(c1ncc(CC(N)CC)cn1)C1CC1. The number of hydrogen-bond donors (Lipinski definition) is 1. The van der Waals surface area contributed by atoms with Crippen molar-refractivity contribution in [3.8, 4) is 0 Å². The van der Waals surface area contributed by atoms with Crippen LogP contribution in [-0.2, 0) is 6.42 Å². The molecule has 4 nitrogen and oxygen atoms in total. The van der Waals surface area contributed by atoms with E-state index in [1.165, 1.54) is 25.7 Å².